The molecule has 1 rings (SSSR count). The molecule has 112 valence electrons. The van der Waals surface area contributed by atoms with Crippen molar-refractivity contribution in [3.63, 3.8) is 0 Å². The molecular formula is C11H18N4O5. The molecule has 0 atom stereocenters. The minimum atomic E-state index is -0.570. The van der Waals surface area contributed by atoms with Gasteiger partial charge < -0.3 is 19.5 Å². The smallest absolute Gasteiger partial charge is 0.372 e. The molecule has 1 heterocycles. The third-order valence-electron chi connectivity index (χ3n) is 2.21. The van der Waals surface area contributed by atoms with Crippen LogP contribution in [-0.4, -0.2) is 55.0 Å². The van der Waals surface area contributed by atoms with E-state index < -0.39 is 4.92 Å². The molecule has 0 fully saturated rings. The zero-order valence-electron chi connectivity index (χ0n) is 11.5. The molecule has 0 aliphatic rings. The Hall–Kier alpha value is -2.00. The SMILES string of the molecule is CCNc1ncnc(OCCOCCOC)c1[N+](=O)[O-]. The summed E-state index contributed by atoms with van der Waals surface area (Å²) in [5, 5.41) is 13.8. The predicted molar refractivity (Wildman–Crippen MR) is 71.0 cm³/mol. The Morgan fingerprint density at radius 3 is 2.70 bits per heavy atom. The fraction of sp³-hybridized carbons (Fsp3) is 0.636. The molecule has 0 amide bonds. The summed E-state index contributed by atoms with van der Waals surface area (Å²) in [7, 11) is 1.58. The lowest BCUT2D eigenvalue weighted by Crippen LogP contribution is -2.12. The first-order chi connectivity index (χ1) is 9.70. The molecule has 9 nitrogen and oxygen atoms in total. The minimum absolute atomic E-state index is 0.0729. The fourth-order valence-electron chi connectivity index (χ4n) is 1.37. The number of nitro groups is 1. The largest absolute Gasteiger partial charge is 0.470 e. The van der Waals surface area contributed by atoms with Gasteiger partial charge in [-0.1, -0.05) is 0 Å². The number of nitrogens with zero attached hydrogens (tertiary/aromatic N) is 3. The summed E-state index contributed by atoms with van der Waals surface area (Å²) < 4.78 is 15.3. The van der Waals surface area contributed by atoms with Crippen LogP contribution in [0.25, 0.3) is 0 Å². The van der Waals surface area contributed by atoms with E-state index in [1.807, 2.05) is 6.92 Å². The van der Waals surface area contributed by atoms with Crippen molar-refractivity contribution >= 4 is 11.5 Å². The van der Waals surface area contributed by atoms with Crippen LogP contribution in [0.4, 0.5) is 11.5 Å². The van der Waals surface area contributed by atoms with E-state index in [-0.39, 0.29) is 24.0 Å². The fourth-order valence-corrected chi connectivity index (χ4v) is 1.37. The summed E-state index contributed by atoms with van der Waals surface area (Å²) in [4.78, 5) is 18.1. The normalized spacial score (nSPS) is 10.3. The number of nitrogens with one attached hydrogen (secondary N) is 1. The molecule has 0 spiro atoms. The maximum absolute atomic E-state index is 11.0. The van der Waals surface area contributed by atoms with Crippen LogP contribution in [0.5, 0.6) is 5.88 Å². The van der Waals surface area contributed by atoms with Gasteiger partial charge in [0.2, 0.25) is 5.82 Å². The van der Waals surface area contributed by atoms with Crippen molar-refractivity contribution in [2.24, 2.45) is 0 Å². The van der Waals surface area contributed by atoms with E-state index in [2.05, 4.69) is 15.3 Å². The Kier molecular flexibility index (Phi) is 7.22. The van der Waals surface area contributed by atoms with E-state index >= 15 is 0 Å². The lowest BCUT2D eigenvalue weighted by Gasteiger charge is -2.08. The van der Waals surface area contributed by atoms with Gasteiger partial charge in [0.1, 0.15) is 12.9 Å². The van der Waals surface area contributed by atoms with Crippen molar-refractivity contribution in [2.75, 3.05) is 45.4 Å². The van der Waals surface area contributed by atoms with Crippen LogP contribution in [0.2, 0.25) is 0 Å². The molecule has 0 radical (unpaired) electrons. The highest BCUT2D eigenvalue weighted by atomic mass is 16.6. The van der Waals surface area contributed by atoms with Gasteiger partial charge >= 0.3 is 5.69 Å². The second kappa shape index (κ2) is 8.99. The standard InChI is InChI=1S/C11H18N4O5/c1-3-12-10-9(15(16)17)11(14-8-13-10)20-7-6-19-5-4-18-2/h8H,3-7H2,1-2H3,(H,12,13,14). The predicted octanol–water partition coefficient (Wildman–Crippen LogP) is 0.858. The first kappa shape index (κ1) is 16.1. The second-order valence-electron chi connectivity index (χ2n) is 3.62. The highest BCUT2D eigenvalue weighted by molar-refractivity contribution is 5.60. The lowest BCUT2D eigenvalue weighted by molar-refractivity contribution is -0.385. The van der Waals surface area contributed by atoms with E-state index in [0.717, 1.165) is 0 Å². The molecule has 0 saturated heterocycles. The monoisotopic (exact) mass is 286 g/mol. The van der Waals surface area contributed by atoms with Crippen molar-refractivity contribution in [3.8, 4) is 5.88 Å². The Morgan fingerprint density at radius 1 is 1.30 bits per heavy atom. The van der Waals surface area contributed by atoms with Crippen LogP contribution in [0.3, 0.4) is 0 Å². The van der Waals surface area contributed by atoms with Gasteiger partial charge in [0.05, 0.1) is 24.7 Å². The Morgan fingerprint density at radius 2 is 2.05 bits per heavy atom. The zero-order chi connectivity index (χ0) is 14.8. The number of ether oxygens (including phenoxy) is 3. The first-order valence-corrected chi connectivity index (χ1v) is 6.13. The van der Waals surface area contributed by atoms with E-state index in [4.69, 9.17) is 14.2 Å². The topological polar surface area (TPSA) is 109 Å². The molecule has 0 aliphatic carbocycles. The number of hydrogen-bond donors (Lipinski definition) is 1. The van der Waals surface area contributed by atoms with Gasteiger partial charge in [-0.3, -0.25) is 10.1 Å². The maximum Gasteiger partial charge on any atom is 0.372 e. The molecular weight excluding hydrogens is 268 g/mol. The van der Waals surface area contributed by atoms with Crippen molar-refractivity contribution in [1.82, 2.24) is 9.97 Å². The summed E-state index contributed by atoms with van der Waals surface area (Å²) in [6.45, 7) is 3.70. The molecule has 1 aromatic heterocycles. The molecule has 0 aromatic carbocycles. The van der Waals surface area contributed by atoms with Crippen molar-refractivity contribution < 1.29 is 19.1 Å². The molecule has 20 heavy (non-hydrogen) atoms. The summed E-state index contributed by atoms with van der Waals surface area (Å²) in [6, 6.07) is 0. The average Bonchev–Trinajstić information content (AvgIpc) is 2.43. The van der Waals surface area contributed by atoms with Gasteiger partial charge in [-0.05, 0) is 6.92 Å². The number of methoxy groups -OCH3 is 1. The van der Waals surface area contributed by atoms with Crippen molar-refractivity contribution in [3.05, 3.63) is 16.4 Å². The van der Waals surface area contributed by atoms with Crippen LogP contribution in [0.15, 0.2) is 6.33 Å². The van der Waals surface area contributed by atoms with E-state index in [0.29, 0.717) is 26.4 Å². The highest BCUT2D eigenvalue weighted by Gasteiger charge is 2.23. The van der Waals surface area contributed by atoms with Gasteiger partial charge in [-0.2, -0.15) is 4.98 Å². The maximum atomic E-state index is 11.0. The summed E-state index contributed by atoms with van der Waals surface area (Å²) >= 11 is 0. The molecule has 0 saturated carbocycles. The third kappa shape index (κ3) is 4.94. The van der Waals surface area contributed by atoms with Crippen LogP contribution in [-0.2, 0) is 9.47 Å². The minimum Gasteiger partial charge on any atom is -0.470 e. The number of rotatable bonds is 10. The molecule has 1 aromatic rings. The van der Waals surface area contributed by atoms with E-state index in [9.17, 15) is 10.1 Å². The van der Waals surface area contributed by atoms with E-state index in [1.165, 1.54) is 6.33 Å². The van der Waals surface area contributed by atoms with Gasteiger partial charge in [0.25, 0.3) is 5.88 Å². The van der Waals surface area contributed by atoms with Crippen LogP contribution >= 0.6 is 0 Å². The quantitative estimate of drug-likeness (QED) is 0.383. The van der Waals surface area contributed by atoms with Gasteiger partial charge in [-0.15, -0.1) is 0 Å². The van der Waals surface area contributed by atoms with Gasteiger partial charge in [0.15, 0.2) is 0 Å². The molecule has 1 N–H and O–H groups in total. The van der Waals surface area contributed by atoms with Crippen LogP contribution < -0.4 is 10.1 Å². The first-order valence-electron chi connectivity index (χ1n) is 6.13. The van der Waals surface area contributed by atoms with Crippen LogP contribution in [0, 0.1) is 10.1 Å². The lowest BCUT2D eigenvalue weighted by atomic mass is 10.4. The second-order valence-corrected chi connectivity index (χ2v) is 3.62. The molecule has 9 heteroatoms. The molecule has 0 bridgehead atoms. The summed E-state index contributed by atoms with van der Waals surface area (Å²) in [5.41, 5.74) is -0.272. The average molecular weight is 286 g/mol. The van der Waals surface area contributed by atoms with E-state index in [1.54, 1.807) is 7.11 Å². The Balaban J connectivity index is 2.60. The number of hydrogen-bond acceptors (Lipinski definition) is 8. The summed E-state index contributed by atoms with van der Waals surface area (Å²) in [6.07, 6.45) is 1.21. The van der Waals surface area contributed by atoms with Crippen molar-refractivity contribution in [1.29, 1.82) is 0 Å². The van der Waals surface area contributed by atoms with Gasteiger partial charge in [-0.25, -0.2) is 4.98 Å². The van der Waals surface area contributed by atoms with Gasteiger partial charge in [0, 0.05) is 13.7 Å². The number of anilines is 1. The number of aromatic nitrogens is 2. The van der Waals surface area contributed by atoms with Crippen LogP contribution in [0.1, 0.15) is 6.92 Å². The highest BCUT2D eigenvalue weighted by Crippen LogP contribution is 2.30. The van der Waals surface area contributed by atoms with Crippen molar-refractivity contribution in [2.45, 2.75) is 6.92 Å². The Bertz CT molecular complexity index is 429. The summed E-state index contributed by atoms with van der Waals surface area (Å²) in [5.74, 6) is 0.0686. The Labute approximate surface area is 116 Å². The molecule has 0 unspecified atom stereocenters. The molecule has 0 aliphatic heterocycles. The zero-order valence-corrected chi connectivity index (χ0v) is 11.5. The third-order valence-corrected chi connectivity index (χ3v) is 2.21.